The van der Waals surface area contributed by atoms with Crippen molar-refractivity contribution in [2.75, 3.05) is 11.5 Å². The van der Waals surface area contributed by atoms with Gasteiger partial charge in [0.15, 0.2) is 15.6 Å². The maximum atomic E-state index is 12.2. The molecule has 134 valence electrons. The van der Waals surface area contributed by atoms with Gasteiger partial charge in [-0.2, -0.15) is 0 Å². The topological polar surface area (TPSA) is 105 Å². The monoisotopic (exact) mass is 384 g/mol. The van der Waals surface area contributed by atoms with E-state index in [2.05, 4.69) is 10.9 Å². The average molecular weight is 385 g/mol. The van der Waals surface area contributed by atoms with Gasteiger partial charge in [0, 0.05) is 22.4 Å². The number of rotatable bonds is 3. The molecule has 1 fully saturated rings. The number of carbonyl (C=O) groups is 2. The predicted octanol–water partition coefficient (Wildman–Crippen LogP) is 1.98. The number of benzene rings is 1. The Bertz CT molecular complexity index is 951. The molecule has 2 N–H and O–H groups in total. The minimum absolute atomic E-state index is 0.0117. The molecule has 0 unspecified atom stereocenters. The number of sulfone groups is 1. The lowest BCUT2D eigenvalue weighted by Gasteiger charge is -2.09. The Kier molecular flexibility index (Phi) is 4.75. The van der Waals surface area contributed by atoms with E-state index in [1.807, 2.05) is 0 Å². The highest BCUT2D eigenvalue weighted by atomic mass is 35.5. The molecule has 2 heterocycles. The number of hydrogen-bond donors (Lipinski definition) is 2. The number of amides is 2. The van der Waals surface area contributed by atoms with Crippen molar-refractivity contribution >= 4 is 44.2 Å². The van der Waals surface area contributed by atoms with E-state index in [4.69, 9.17) is 16.0 Å². The van der Waals surface area contributed by atoms with Crippen LogP contribution in [0.2, 0.25) is 5.02 Å². The molecule has 1 aromatic carbocycles. The van der Waals surface area contributed by atoms with Gasteiger partial charge in [-0.1, -0.05) is 11.6 Å². The van der Waals surface area contributed by atoms with Crippen molar-refractivity contribution < 1.29 is 22.4 Å². The molecule has 1 saturated heterocycles. The quantitative estimate of drug-likeness (QED) is 0.787. The summed E-state index contributed by atoms with van der Waals surface area (Å²) in [5, 5.41) is 1.25. The summed E-state index contributed by atoms with van der Waals surface area (Å²) in [7, 11) is -3.03. The van der Waals surface area contributed by atoms with Crippen LogP contribution in [-0.4, -0.2) is 31.7 Å². The smallest absolute Gasteiger partial charge is 0.305 e. The van der Waals surface area contributed by atoms with Crippen molar-refractivity contribution in [3.05, 3.63) is 34.5 Å². The van der Waals surface area contributed by atoms with Crippen LogP contribution in [0.4, 0.5) is 0 Å². The molecule has 0 saturated carbocycles. The SMILES string of the molecule is Cc1c(C(=O)NNC(=O)C[C@H]2CCS(=O)(=O)C2)oc2ccc(Cl)cc12. The predicted molar refractivity (Wildman–Crippen MR) is 92.9 cm³/mol. The van der Waals surface area contributed by atoms with Crippen LogP contribution in [0.25, 0.3) is 11.0 Å². The molecular formula is C16H17ClN2O5S. The molecule has 0 bridgehead atoms. The van der Waals surface area contributed by atoms with E-state index < -0.39 is 21.7 Å². The number of halogens is 1. The molecule has 1 aliphatic rings. The molecule has 0 spiro atoms. The van der Waals surface area contributed by atoms with Gasteiger partial charge >= 0.3 is 5.91 Å². The highest BCUT2D eigenvalue weighted by Crippen LogP contribution is 2.27. The fourth-order valence-electron chi connectivity index (χ4n) is 2.94. The van der Waals surface area contributed by atoms with Crippen LogP contribution in [0, 0.1) is 12.8 Å². The number of aryl methyl sites for hydroxylation is 1. The Labute approximate surface area is 149 Å². The first-order chi connectivity index (χ1) is 11.7. The van der Waals surface area contributed by atoms with Gasteiger partial charge in [-0.15, -0.1) is 0 Å². The zero-order valence-electron chi connectivity index (χ0n) is 13.5. The van der Waals surface area contributed by atoms with E-state index in [9.17, 15) is 18.0 Å². The van der Waals surface area contributed by atoms with Crippen molar-refractivity contribution in [2.45, 2.75) is 19.8 Å². The first-order valence-electron chi connectivity index (χ1n) is 7.73. The third-order valence-electron chi connectivity index (χ3n) is 4.22. The number of nitrogens with one attached hydrogen (secondary N) is 2. The summed E-state index contributed by atoms with van der Waals surface area (Å²) in [4.78, 5) is 24.1. The third kappa shape index (κ3) is 3.96. The second-order valence-corrected chi connectivity index (χ2v) is 8.84. The highest BCUT2D eigenvalue weighted by molar-refractivity contribution is 7.91. The third-order valence-corrected chi connectivity index (χ3v) is 6.29. The van der Waals surface area contributed by atoms with Crippen molar-refractivity contribution in [3.63, 3.8) is 0 Å². The summed E-state index contributed by atoms with van der Waals surface area (Å²) in [6.45, 7) is 1.72. The Balaban J connectivity index is 1.61. The van der Waals surface area contributed by atoms with Crippen LogP contribution in [0.15, 0.2) is 22.6 Å². The standard InChI is InChI=1S/C16H17ClN2O5S/c1-9-12-7-11(17)2-3-13(12)24-15(9)16(21)19-18-14(20)6-10-4-5-25(22,23)8-10/h2-3,7,10H,4-6,8H2,1H3,(H,18,20)(H,19,21)/t10-/m1/s1. The molecule has 3 rings (SSSR count). The van der Waals surface area contributed by atoms with Gasteiger partial charge < -0.3 is 4.42 Å². The lowest BCUT2D eigenvalue weighted by molar-refractivity contribution is -0.122. The van der Waals surface area contributed by atoms with Crippen LogP contribution in [0.5, 0.6) is 0 Å². The van der Waals surface area contributed by atoms with Gasteiger partial charge in [-0.3, -0.25) is 20.4 Å². The zero-order chi connectivity index (χ0) is 18.2. The van der Waals surface area contributed by atoms with Gasteiger partial charge in [-0.05, 0) is 37.5 Å². The van der Waals surface area contributed by atoms with Gasteiger partial charge in [0.1, 0.15) is 5.58 Å². The van der Waals surface area contributed by atoms with Gasteiger partial charge in [-0.25, -0.2) is 8.42 Å². The molecule has 1 aliphatic heterocycles. The highest BCUT2D eigenvalue weighted by Gasteiger charge is 2.29. The summed E-state index contributed by atoms with van der Waals surface area (Å²) in [5.41, 5.74) is 5.73. The Morgan fingerprint density at radius 2 is 2.08 bits per heavy atom. The van der Waals surface area contributed by atoms with E-state index >= 15 is 0 Å². The molecule has 9 heteroatoms. The second-order valence-electron chi connectivity index (χ2n) is 6.17. The first kappa shape index (κ1) is 17.8. The minimum Gasteiger partial charge on any atom is -0.451 e. The lowest BCUT2D eigenvalue weighted by atomic mass is 10.1. The van der Waals surface area contributed by atoms with Crippen LogP contribution < -0.4 is 10.9 Å². The maximum Gasteiger partial charge on any atom is 0.305 e. The molecule has 7 nitrogen and oxygen atoms in total. The van der Waals surface area contributed by atoms with Gasteiger partial charge in [0.05, 0.1) is 11.5 Å². The summed E-state index contributed by atoms with van der Waals surface area (Å²) >= 11 is 5.94. The van der Waals surface area contributed by atoms with E-state index in [0.29, 0.717) is 22.6 Å². The number of fused-ring (bicyclic) bond motifs is 1. The molecular weight excluding hydrogens is 368 g/mol. The average Bonchev–Trinajstić information content (AvgIpc) is 3.05. The number of hydrazine groups is 1. The molecule has 2 amide bonds. The van der Waals surface area contributed by atoms with Gasteiger partial charge in [0.25, 0.3) is 0 Å². The summed E-state index contributed by atoms with van der Waals surface area (Å²) in [5.74, 6) is -1.03. The van der Waals surface area contributed by atoms with Gasteiger partial charge in [0.2, 0.25) is 5.91 Å². The Morgan fingerprint density at radius 1 is 1.32 bits per heavy atom. The van der Waals surface area contributed by atoms with Crippen LogP contribution >= 0.6 is 11.6 Å². The maximum absolute atomic E-state index is 12.2. The van der Waals surface area contributed by atoms with Crippen molar-refractivity contribution in [3.8, 4) is 0 Å². The fourth-order valence-corrected chi connectivity index (χ4v) is 4.97. The Morgan fingerprint density at radius 3 is 2.76 bits per heavy atom. The number of hydrogen-bond acceptors (Lipinski definition) is 5. The van der Waals surface area contributed by atoms with Crippen LogP contribution in [0.1, 0.15) is 29.0 Å². The molecule has 2 aromatic rings. The molecule has 1 atom stereocenters. The van der Waals surface area contributed by atoms with Crippen LogP contribution in [-0.2, 0) is 14.6 Å². The van der Waals surface area contributed by atoms with Crippen molar-refractivity contribution in [1.29, 1.82) is 0 Å². The van der Waals surface area contributed by atoms with Crippen LogP contribution in [0.3, 0.4) is 0 Å². The summed E-state index contributed by atoms with van der Waals surface area (Å²) in [6.07, 6.45) is 0.515. The minimum atomic E-state index is -3.03. The van der Waals surface area contributed by atoms with E-state index in [-0.39, 0.29) is 29.6 Å². The zero-order valence-corrected chi connectivity index (χ0v) is 15.0. The van der Waals surface area contributed by atoms with E-state index in [1.165, 1.54) is 0 Å². The molecule has 0 radical (unpaired) electrons. The summed E-state index contributed by atoms with van der Waals surface area (Å²) in [6, 6.07) is 5.03. The Hall–Kier alpha value is -2.06. The largest absolute Gasteiger partial charge is 0.451 e. The second kappa shape index (κ2) is 6.68. The molecule has 25 heavy (non-hydrogen) atoms. The molecule has 0 aliphatic carbocycles. The van der Waals surface area contributed by atoms with E-state index in [0.717, 1.165) is 5.39 Å². The number of furan rings is 1. The first-order valence-corrected chi connectivity index (χ1v) is 9.93. The lowest BCUT2D eigenvalue weighted by Crippen LogP contribution is -2.42. The summed E-state index contributed by atoms with van der Waals surface area (Å²) < 4.78 is 28.3. The normalized spacial score (nSPS) is 19.0. The van der Waals surface area contributed by atoms with Crippen molar-refractivity contribution in [1.82, 2.24) is 10.9 Å². The number of carbonyl (C=O) groups excluding carboxylic acids is 2. The fraction of sp³-hybridized carbons (Fsp3) is 0.375. The molecule has 1 aromatic heterocycles. The van der Waals surface area contributed by atoms with Crippen molar-refractivity contribution in [2.24, 2.45) is 5.92 Å². The van der Waals surface area contributed by atoms with E-state index in [1.54, 1.807) is 25.1 Å².